The minimum atomic E-state index is -4.00. The van der Waals surface area contributed by atoms with Crippen LogP contribution in [-0.4, -0.2) is 36.8 Å². The van der Waals surface area contributed by atoms with Crippen molar-refractivity contribution < 1.29 is 27.9 Å². The monoisotopic (exact) mass is 479 g/mol. The molecule has 34 heavy (non-hydrogen) atoms. The molecular weight excluding hydrogens is 458 g/mol. The number of sulfonamides is 1. The van der Waals surface area contributed by atoms with Crippen LogP contribution in [0.2, 0.25) is 0 Å². The highest BCUT2D eigenvalue weighted by Gasteiger charge is 2.28. The van der Waals surface area contributed by atoms with E-state index in [0.717, 1.165) is 0 Å². The number of benzene rings is 3. The highest BCUT2D eigenvalue weighted by atomic mass is 32.2. The third-order valence-electron chi connectivity index (χ3n) is 4.89. The maximum atomic E-state index is 13.6. The third kappa shape index (κ3) is 5.78. The van der Waals surface area contributed by atoms with Gasteiger partial charge in [-0.25, -0.2) is 13.2 Å². The number of aliphatic carboxylic acids is 1. The lowest BCUT2D eigenvalue weighted by Gasteiger charge is -2.23. The predicted octanol–water partition coefficient (Wildman–Crippen LogP) is 2.98. The van der Waals surface area contributed by atoms with Crippen LogP contribution in [0, 0.1) is 11.3 Å². The van der Waals surface area contributed by atoms with Crippen molar-refractivity contribution in [1.29, 1.82) is 5.26 Å². The van der Waals surface area contributed by atoms with Gasteiger partial charge in [-0.2, -0.15) is 9.57 Å². The lowest BCUT2D eigenvalue weighted by atomic mass is 10.1. The lowest BCUT2D eigenvalue weighted by Crippen LogP contribution is -2.30. The number of hydrogen-bond donors (Lipinski definition) is 2. The fourth-order valence-electron chi connectivity index (χ4n) is 3.17. The smallest absolute Gasteiger partial charge is 0.394 e. The molecule has 0 radical (unpaired) electrons. The second kappa shape index (κ2) is 10.6. The molecule has 174 valence electrons. The number of hydrogen-bond acceptors (Lipinski definition) is 6. The van der Waals surface area contributed by atoms with Crippen LogP contribution in [0.15, 0.2) is 77.7 Å². The highest BCUT2D eigenvalue weighted by Crippen LogP contribution is 2.29. The second-order valence-corrected chi connectivity index (χ2v) is 9.10. The number of rotatable bonds is 8. The number of nitrogens with zero attached hydrogens (tertiary/aromatic N) is 2. The van der Waals surface area contributed by atoms with Gasteiger partial charge in [0.25, 0.3) is 0 Å². The Morgan fingerprint density at radius 3 is 2.06 bits per heavy atom. The number of amides is 1. The zero-order chi connectivity index (χ0) is 24.7. The van der Waals surface area contributed by atoms with Crippen LogP contribution in [0.5, 0.6) is 5.75 Å². The maximum absolute atomic E-state index is 13.6. The van der Waals surface area contributed by atoms with Crippen molar-refractivity contribution in [1.82, 2.24) is 4.31 Å². The Labute approximate surface area is 196 Å². The molecule has 0 spiro atoms. The predicted molar refractivity (Wildman–Crippen MR) is 123 cm³/mol. The fraction of sp³-hybridized carbons (Fsp3) is 0.125. The SMILES string of the molecule is COc1ccccc1S(=O)(=O)N(Cc1ccc(C#N)cc1)Cc1ccc(NC(=O)C(=O)O)cc1. The van der Waals surface area contributed by atoms with Gasteiger partial charge in [-0.05, 0) is 47.5 Å². The summed E-state index contributed by atoms with van der Waals surface area (Å²) in [6.45, 7) is 0.0249. The van der Waals surface area contributed by atoms with E-state index in [-0.39, 0.29) is 29.4 Å². The third-order valence-corrected chi connectivity index (χ3v) is 6.72. The van der Waals surface area contributed by atoms with Crippen LogP contribution in [-0.2, 0) is 32.7 Å². The minimum Gasteiger partial charge on any atom is -0.495 e. The van der Waals surface area contributed by atoms with Gasteiger partial charge in [0.2, 0.25) is 10.0 Å². The lowest BCUT2D eigenvalue weighted by molar-refractivity contribution is -0.147. The van der Waals surface area contributed by atoms with Crippen molar-refractivity contribution >= 4 is 27.6 Å². The zero-order valence-corrected chi connectivity index (χ0v) is 19.0. The Hall–Kier alpha value is -4.20. The maximum Gasteiger partial charge on any atom is 0.394 e. The summed E-state index contributed by atoms with van der Waals surface area (Å²) in [4.78, 5) is 22.1. The Kier molecular flexibility index (Phi) is 7.63. The number of carbonyl (C=O) groups is 2. The number of carbonyl (C=O) groups excluding carboxylic acids is 1. The molecule has 3 aromatic rings. The summed E-state index contributed by atoms with van der Waals surface area (Å²) >= 11 is 0. The van der Waals surface area contributed by atoms with Gasteiger partial charge in [-0.15, -0.1) is 0 Å². The second-order valence-electron chi connectivity index (χ2n) is 7.19. The molecule has 0 bridgehead atoms. The molecular formula is C24H21N3O6S. The number of para-hydroxylation sites is 1. The average Bonchev–Trinajstić information content (AvgIpc) is 2.85. The number of anilines is 1. The molecule has 9 nitrogen and oxygen atoms in total. The molecule has 0 atom stereocenters. The molecule has 2 N–H and O–H groups in total. The van der Waals surface area contributed by atoms with Gasteiger partial charge in [-0.1, -0.05) is 36.4 Å². The first-order chi connectivity index (χ1) is 16.2. The van der Waals surface area contributed by atoms with Crippen molar-refractivity contribution in [2.45, 2.75) is 18.0 Å². The molecule has 3 aromatic carbocycles. The number of carboxylic acid groups (broad SMARTS) is 1. The summed E-state index contributed by atoms with van der Waals surface area (Å²) < 4.78 is 33.7. The van der Waals surface area contributed by atoms with E-state index in [2.05, 4.69) is 5.32 Å². The molecule has 0 saturated carbocycles. The number of methoxy groups -OCH3 is 1. The summed E-state index contributed by atoms with van der Waals surface area (Å²) in [5, 5.41) is 20.0. The van der Waals surface area contributed by atoms with Gasteiger partial charge in [0.1, 0.15) is 10.6 Å². The molecule has 3 rings (SSSR count). The Morgan fingerprint density at radius 1 is 0.971 bits per heavy atom. The first-order valence-electron chi connectivity index (χ1n) is 10.00. The summed E-state index contributed by atoms with van der Waals surface area (Å²) in [6, 6.07) is 21.1. The van der Waals surface area contributed by atoms with E-state index in [1.165, 1.54) is 29.6 Å². The first kappa shape index (κ1) is 24.4. The van der Waals surface area contributed by atoms with Crippen LogP contribution >= 0.6 is 0 Å². The van der Waals surface area contributed by atoms with Crippen molar-refractivity contribution in [3.05, 3.63) is 89.5 Å². The summed E-state index contributed by atoms with van der Waals surface area (Å²) in [5.74, 6) is -2.58. The van der Waals surface area contributed by atoms with Gasteiger partial charge >= 0.3 is 11.9 Å². The van der Waals surface area contributed by atoms with Crippen molar-refractivity contribution in [3.63, 3.8) is 0 Å². The van der Waals surface area contributed by atoms with Gasteiger partial charge < -0.3 is 15.2 Å². The van der Waals surface area contributed by atoms with Gasteiger partial charge in [-0.3, -0.25) is 4.79 Å². The largest absolute Gasteiger partial charge is 0.495 e. The van der Waals surface area contributed by atoms with Gasteiger partial charge in [0.05, 0.1) is 18.7 Å². The van der Waals surface area contributed by atoms with Crippen LogP contribution in [0.3, 0.4) is 0 Å². The average molecular weight is 480 g/mol. The van der Waals surface area contributed by atoms with Crippen LogP contribution < -0.4 is 10.1 Å². The zero-order valence-electron chi connectivity index (χ0n) is 18.1. The molecule has 0 aliphatic carbocycles. The number of ether oxygens (including phenoxy) is 1. The van der Waals surface area contributed by atoms with E-state index in [1.54, 1.807) is 54.6 Å². The van der Waals surface area contributed by atoms with Crippen molar-refractivity contribution in [2.75, 3.05) is 12.4 Å². The van der Waals surface area contributed by atoms with E-state index < -0.39 is 21.9 Å². The van der Waals surface area contributed by atoms with E-state index in [9.17, 15) is 18.0 Å². The van der Waals surface area contributed by atoms with E-state index in [4.69, 9.17) is 15.1 Å². The normalized spacial score (nSPS) is 11.0. The van der Waals surface area contributed by atoms with E-state index in [1.807, 2.05) is 6.07 Å². The standard InChI is InChI=1S/C24H21N3O6S/c1-33-21-4-2-3-5-22(21)34(31,32)27(15-18-8-6-17(14-25)7-9-18)16-19-10-12-20(13-11-19)26-23(28)24(29)30/h2-13H,15-16H2,1H3,(H,26,28)(H,29,30). The van der Waals surface area contributed by atoms with Crippen LogP contribution in [0.1, 0.15) is 16.7 Å². The Bertz CT molecular complexity index is 1330. The molecule has 0 aromatic heterocycles. The number of nitriles is 1. The molecule has 0 aliphatic rings. The summed E-state index contributed by atoms with van der Waals surface area (Å²) in [5.41, 5.74) is 2.02. The molecule has 0 aliphatic heterocycles. The molecule has 0 heterocycles. The van der Waals surface area contributed by atoms with E-state index >= 15 is 0 Å². The minimum absolute atomic E-state index is 0.00641. The topological polar surface area (TPSA) is 137 Å². The molecule has 0 saturated heterocycles. The van der Waals surface area contributed by atoms with Crippen LogP contribution in [0.4, 0.5) is 5.69 Å². The highest BCUT2D eigenvalue weighted by molar-refractivity contribution is 7.89. The first-order valence-corrected chi connectivity index (χ1v) is 11.4. The number of carboxylic acids is 1. The Balaban J connectivity index is 1.93. The van der Waals surface area contributed by atoms with Crippen LogP contribution in [0.25, 0.3) is 0 Å². The molecule has 0 unspecified atom stereocenters. The molecule has 1 amide bonds. The molecule has 0 fully saturated rings. The van der Waals surface area contributed by atoms with Gasteiger partial charge in [0, 0.05) is 18.8 Å². The number of nitrogens with one attached hydrogen (secondary N) is 1. The van der Waals surface area contributed by atoms with Gasteiger partial charge in [0.15, 0.2) is 0 Å². The Morgan fingerprint density at radius 2 is 1.53 bits per heavy atom. The summed E-state index contributed by atoms with van der Waals surface area (Å²) in [6.07, 6.45) is 0. The molecule has 10 heteroatoms. The summed E-state index contributed by atoms with van der Waals surface area (Å²) in [7, 11) is -2.61. The quantitative estimate of drug-likeness (QED) is 0.474. The van der Waals surface area contributed by atoms with Crippen molar-refractivity contribution in [2.24, 2.45) is 0 Å². The van der Waals surface area contributed by atoms with Crippen molar-refractivity contribution in [3.8, 4) is 11.8 Å². The fourth-order valence-corrected chi connectivity index (χ4v) is 4.74. The van der Waals surface area contributed by atoms with E-state index in [0.29, 0.717) is 16.7 Å².